The molecule has 1 saturated carbocycles. The average molecular weight is 296 g/mol. The van der Waals surface area contributed by atoms with Gasteiger partial charge in [0.15, 0.2) is 0 Å². The third-order valence-electron chi connectivity index (χ3n) is 5.75. The maximum Gasteiger partial charge on any atom is 0.0255 e. The van der Waals surface area contributed by atoms with Gasteiger partial charge in [-0.3, -0.25) is 4.90 Å². The summed E-state index contributed by atoms with van der Waals surface area (Å²) in [5.41, 5.74) is 0.508. The highest BCUT2D eigenvalue weighted by Gasteiger charge is 2.42. The van der Waals surface area contributed by atoms with Crippen molar-refractivity contribution in [2.75, 3.05) is 33.7 Å². The lowest BCUT2D eigenvalue weighted by molar-refractivity contribution is 0.0757. The van der Waals surface area contributed by atoms with Crippen LogP contribution >= 0.6 is 0 Å². The Morgan fingerprint density at radius 3 is 2.52 bits per heavy atom. The predicted molar refractivity (Wildman–Crippen MR) is 91.7 cm³/mol. The Bertz CT molecular complexity index is 326. The highest BCUT2D eigenvalue weighted by atomic mass is 15.3. The van der Waals surface area contributed by atoms with Gasteiger partial charge in [-0.15, -0.1) is 0 Å². The Hall–Kier alpha value is -0.120. The molecule has 21 heavy (non-hydrogen) atoms. The Morgan fingerprint density at radius 2 is 1.95 bits per heavy atom. The van der Waals surface area contributed by atoms with Gasteiger partial charge in [0.1, 0.15) is 0 Å². The second-order valence-electron chi connectivity index (χ2n) is 8.50. The number of rotatable bonds is 5. The quantitative estimate of drug-likeness (QED) is 0.841. The van der Waals surface area contributed by atoms with Crippen LogP contribution in [0.3, 0.4) is 0 Å². The lowest BCUT2D eigenvalue weighted by atomic mass is 9.72. The summed E-state index contributed by atoms with van der Waals surface area (Å²) < 4.78 is 0. The molecule has 0 bridgehead atoms. The molecule has 2 fully saturated rings. The van der Waals surface area contributed by atoms with Gasteiger partial charge in [0, 0.05) is 31.2 Å². The maximum atomic E-state index is 3.84. The fraction of sp³-hybridized carbons (Fsp3) is 1.00. The predicted octanol–water partition coefficient (Wildman–Crippen LogP) is 2.82. The van der Waals surface area contributed by atoms with Crippen LogP contribution in [0.1, 0.15) is 53.4 Å². The molecule has 3 heteroatoms. The SMILES string of the molecule is CCCNC1CCC(C)(C)CC1N1CC(C)C(N(C)C)C1. The van der Waals surface area contributed by atoms with E-state index < -0.39 is 0 Å². The lowest BCUT2D eigenvalue weighted by Gasteiger charge is -2.45. The molecule has 0 aromatic carbocycles. The fourth-order valence-electron chi connectivity index (χ4n) is 4.43. The van der Waals surface area contributed by atoms with Crippen LogP contribution < -0.4 is 5.32 Å². The van der Waals surface area contributed by atoms with Crippen LogP contribution in [0.4, 0.5) is 0 Å². The molecule has 2 aliphatic rings. The average Bonchev–Trinajstić information content (AvgIpc) is 2.79. The van der Waals surface area contributed by atoms with E-state index in [0.29, 0.717) is 11.5 Å². The zero-order chi connectivity index (χ0) is 15.6. The maximum absolute atomic E-state index is 3.84. The van der Waals surface area contributed by atoms with E-state index in [9.17, 15) is 0 Å². The van der Waals surface area contributed by atoms with Gasteiger partial charge in [0.25, 0.3) is 0 Å². The molecule has 4 unspecified atom stereocenters. The minimum Gasteiger partial charge on any atom is -0.312 e. The van der Waals surface area contributed by atoms with E-state index in [4.69, 9.17) is 0 Å². The molecule has 2 rings (SSSR count). The summed E-state index contributed by atoms with van der Waals surface area (Å²) in [6, 6.07) is 2.15. The van der Waals surface area contributed by atoms with Crippen molar-refractivity contribution in [2.45, 2.75) is 71.5 Å². The highest BCUT2D eigenvalue weighted by Crippen LogP contribution is 2.39. The van der Waals surface area contributed by atoms with Crippen molar-refractivity contribution < 1.29 is 0 Å². The standard InChI is InChI=1S/C18H37N3/c1-7-10-19-15-8-9-18(3,4)11-16(15)21-12-14(2)17(13-21)20(5)6/h14-17,19H,7-13H2,1-6H3. The first-order valence-corrected chi connectivity index (χ1v) is 8.98. The van der Waals surface area contributed by atoms with Crippen molar-refractivity contribution in [3.8, 4) is 0 Å². The van der Waals surface area contributed by atoms with E-state index in [-0.39, 0.29) is 0 Å². The Kier molecular flexibility index (Phi) is 5.72. The molecule has 124 valence electrons. The molecule has 0 radical (unpaired) electrons. The molecule has 4 atom stereocenters. The van der Waals surface area contributed by atoms with Crippen molar-refractivity contribution in [3.05, 3.63) is 0 Å². The number of hydrogen-bond donors (Lipinski definition) is 1. The lowest BCUT2D eigenvalue weighted by Crippen LogP contribution is -2.54. The van der Waals surface area contributed by atoms with Crippen LogP contribution in [0.5, 0.6) is 0 Å². The molecule has 0 amide bonds. The second-order valence-corrected chi connectivity index (χ2v) is 8.50. The van der Waals surface area contributed by atoms with Crippen molar-refractivity contribution in [3.63, 3.8) is 0 Å². The molecule has 1 saturated heterocycles. The van der Waals surface area contributed by atoms with Crippen molar-refractivity contribution in [1.82, 2.24) is 15.1 Å². The van der Waals surface area contributed by atoms with Crippen LogP contribution in [0, 0.1) is 11.3 Å². The minimum atomic E-state index is 0.508. The van der Waals surface area contributed by atoms with Crippen molar-refractivity contribution >= 4 is 0 Å². The van der Waals surface area contributed by atoms with E-state index in [1.54, 1.807) is 0 Å². The molecular formula is C18H37N3. The van der Waals surface area contributed by atoms with Gasteiger partial charge in [0.2, 0.25) is 0 Å². The Morgan fingerprint density at radius 1 is 1.24 bits per heavy atom. The zero-order valence-electron chi connectivity index (χ0n) is 15.2. The van der Waals surface area contributed by atoms with E-state index in [1.165, 1.54) is 45.3 Å². The molecule has 0 aromatic heterocycles. The first-order valence-electron chi connectivity index (χ1n) is 8.98. The summed E-state index contributed by atoms with van der Waals surface area (Å²) in [6.45, 7) is 13.3. The Labute approximate surface area is 132 Å². The largest absolute Gasteiger partial charge is 0.312 e. The topological polar surface area (TPSA) is 18.5 Å². The normalized spacial score (nSPS) is 37.3. The molecule has 0 spiro atoms. The van der Waals surface area contributed by atoms with Crippen LogP contribution in [-0.4, -0.2) is 61.7 Å². The monoisotopic (exact) mass is 295 g/mol. The fourth-order valence-corrected chi connectivity index (χ4v) is 4.43. The van der Waals surface area contributed by atoms with E-state index in [1.807, 2.05) is 0 Å². The first kappa shape index (κ1) is 17.2. The Balaban J connectivity index is 2.05. The zero-order valence-corrected chi connectivity index (χ0v) is 15.2. The molecule has 1 heterocycles. The number of likely N-dealkylation sites (N-methyl/N-ethyl adjacent to an activating group) is 1. The van der Waals surface area contributed by atoms with Gasteiger partial charge in [-0.2, -0.15) is 0 Å². The number of nitrogens with one attached hydrogen (secondary N) is 1. The van der Waals surface area contributed by atoms with Crippen LogP contribution in [0.2, 0.25) is 0 Å². The highest BCUT2D eigenvalue weighted by molar-refractivity contribution is 4.99. The summed E-state index contributed by atoms with van der Waals surface area (Å²) in [4.78, 5) is 5.22. The molecule has 0 aromatic rings. The van der Waals surface area contributed by atoms with E-state index in [2.05, 4.69) is 56.9 Å². The number of nitrogens with zero attached hydrogens (tertiary/aromatic N) is 2. The third kappa shape index (κ3) is 4.20. The molecule has 3 nitrogen and oxygen atoms in total. The van der Waals surface area contributed by atoms with Gasteiger partial charge in [-0.1, -0.05) is 27.7 Å². The van der Waals surface area contributed by atoms with E-state index in [0.717, 1.165) is 18.0 Å². The van der Waals surface area contributed by atoms with Crippen molar-refractivity contribution in [2.24, 2.45) is 11.3 Å². The van der Waals surface area contributed by atoms with Gasteiger partial charge in [0.05, 0.1) is 0 Å². The van der Waals surface area contributed by atoms with E-state index >= 15 is 0 Å². The number of hydrogen-bond acceptors (Lipinski definition) is 3. The third-order valence-corrected chi connectivity index (χ3v) is 5.75. The molecule has 1 N–H and O–H groups in total. The van der Waals surface area contributed by atoms with Crippen LogP contribution in [-0.2, 0) is 0 Å². The van der Waals surface area contributed by atoms with Gasteiger partial charge in [-0.05, 0) is 57.7 Å². The minimum absolute atomic E-state index is 0.508. The molecule has 1 aliphatic carbocycles. The van der Waals surface area contributed by atoms with Gasteiger partial charge < -0.3 is 10.2 Å². The van der Waals surface area contributed by atoms with Crippen molar-refractivity contribution in [1.29, 1.82) is 0 Å². The molecule has 1 aliphatic heterocycles. The summed E-state index contributed by atoms with van der Waals surface area (Å²) in [7, 11) is 4.48. The number of likely N-dealkylation sites (tertiary alicyclic amines) is 1. The second kappa shape index (κ2) is 6.97. The van der Waals surface area contributed by atoms with Crippen LogP contribution in [0.25, 0.3) is 0 Å². The summed E-state index contributed by atoms with van der Waals surface area (Å²) >= 11 is 0. The van der Waals surface area contributed by atoms with Gasteiger partial charge in [-0.25, -0.2) is 0 Å². The first-order chi connectivity index (χ1) is 9.84. The summed E-state index contributed by atoms with van der Waals surface area (Å²) in [6.07, 6.45) is 5.30. The van der Waals surface area contributed by atoms with Gasteiger partial charge >= 0.3 is 0 Å². The summed E-state index contributed by atoms with van der Waals surface area (Å²) in [5, 5.41) is 3.84. The summed E-state index contributed by atoms with van der Waals surface area (Å²) in [5.74, 6) is 0.789. The van der Waals surface area contributed by atoms with Crippen LogP contribution in [0.15, 0.2) is 0 Å². The smallest absolute Gasteiger partial charge is 0.0255 e. The molecular weight excluding hydrogens is 258 g/mol.